The third kappa shape index (κ3) is 5.12. The Balaban J connectivity index is 1.69. The zero-order valence-corrected chi connectivity index (χ0v) is 20.9. The number of ether oxygens (including phenoxy) is 3. The van der Waals surface area contributed by atoms with E-state index in [2.05, 4.69) is 13.8 Å². The molecule has 0 N–H and O–H groups in total. The first-order valence-electron chi connectivity index (χ1n) is 11.8. The zero-order chi connectivity index (χ0) is 25.8. The summed E-state index contributed by atoms with van der Waals surface area (Å²) < 4.78 is 17.2. The highest BCUT2D eigenvalue weighted by molar-refractivity contribution is 5.95. The summed E-state index contributed by atoms with van der Waals surface area (Å²) in [5.41, 5.74) is 3.29. The van der Waals surface area contributed by atoms with Gasteiger partial charge in [0.1, 0.15) is 12.4 Å². The summed E-state index contributed by atoms with van der Waals surface area (Å²) in [4.78, 5) is 26.1. The average Bonchev–Trinajstić information content (AvgIpc) is 2.90. The van der Waals surface area contributed by atoms with E-state index in [0.29, 0.717) is 36.1 Å². The van der Waals surface area contributed by atoms with Crippen molar-refractivity contribution in [1.82, 2.24) is 4.90 Å². The van der Waals surface area contributed by atoms with Gasteiger partial charge >= 0.3 is 0 Å². The van der Waals surface area contributed by atoms with Crippen LogP contribution in [-0.2, 0) is 6.42 Å². The number of hydrogen-bond donors (Lipinski definition) is 0. The Morgan fingerprint density at radius 2 is 1.75 bits per heavy atom. The van der Waals surface area contributed by atoms with Gasteiger partial charge in [0, 0.05) is 24.2 Å². The van der Waals surface area contributed by atoms with Crippen molar-refractivity contribution in [3.63, 3.8) is 0 Å². The van der Waals surface area contributed by atoms with Gasteiger partial charge in [0.25, 0.3) is 11.6 Å². The summed E-state index contributed by atoms with van der Waals surface area (Å²) in [6.07, 6.45) is 0.607. The Morgan fingerprint density at radius 1 is 1.06 bits per heavy atom. The number of fused-ring (bicyclic) bond motifs is 1. The molecular formula is C28H30N2O6. The number of non-ortho nitro benzene ring substituents is 1. The van der Waals surface area contributed by atoms with Crippen molar-refractivity contribution in [2.45, 2.75) is 32.2 Å². The van der Waals surface area contributed by atoms with E-state index >= 15 is 0 Å². The molecule has 0 saturated carbocycles. The van der Waals surface area contributed by atoms with E-state index in [1.807, 2.05) is 36.4 Å². The first kappa shape index (κ1) is 25.0. The van der Waals surface area contributed by atoms with E-state index in [4.69, 9.17) is 14.2 Å². The third-order valence-corrected chi connectivity index (χ3v) is 6.52. The molecule has 188 valence electrons. The molecule has 0 aromatic heterocycles. The molecule has 1 amide bonds. The van der Waals surface area contributed by atoms with Gasteiger partial charge in [0.05, 0.1) is 25.2 Å². The van der Waals surface area contributed by atoms with Gasteiger partial charge in [-0.1, -0.05) is 32.0 Å². The Labute approximate surface area is 210 Å². The van der Waals surface area contributed by atoms with Gasteiger partial charge in [-0.3, -0.25) is 14.9 Å². The number of hydrogen-bond acceptors (Lipinski definition) is 6. The second-order valence-corrected chi connectivity index (χ2v) is 9.01. The smallest absolute Gasteiger partial charge is 0.270 e. The lowest BCUT2D eigenvalue weighted by atomic mass is 9.91. The fourth-order valence-corrected chi connectivity index (χ4v) is 4.49. The predicted octanol–water partition coefficient (Wildman–Crippen LogP) is 5.55. The molecule has 0 saturated heterocycles. The molecule has 3 aromatic rings. The van der Waals surface area contributed by atoms with E-state index in [1.54, 1.807) is 25.2 Å². The molecule has 36 heavy (non-hydrogen) atoms. The highest BCUT2D eigenvalue weighted by atomic mass is 16.6. The Bertz CT molecular complexity index is 1260. The molecule has 8 heteroatoms. The van der Waals surface area contributed by atoms with Gasteiger partial charge in [-0.2, -0.15) is 0 Å². The first-order chi connectivity index (χ1) is 17.3. The van der Waals surface area contributed by atoms with E-state index in [9.17, 15) is 14.9 Å². The van der Waals surface area contributed by atoms with Crippen LogP contribution in [0.25, 0.3) is 0 Å². The van der Waals surface area contributed by atoms with Crippen LogP contribution in [0.5, 0.6) is 17.2 Å². The summed E-state index contributed by atoms with van der Waals surface area (Å²) in [5, 5.41) is 11.3. The number of carbonyl (C=O) groups excluding carboxylic acids is 1. The van der Waals surface area contributed by atoms with E-state index < -0.39 is 11.0 Å². The van der Waals surface area contributed by atoms with Crippen molar-refractivity contribution in [2.24, 2.45) is 0 Å². The molecule has 0 aliphatic carbocycles. The number of rotatable bonds is 8. The van der Waals surface area contributed by atoms with Crippen molar-refractivity contribution < 1.29 is 23.9 Å². The molecule has 0 bridgehead atoms. The zero-order valence-electron chi connectivity index (χ0n) is 20.9. The fraction of sp³-hybridized carbons (Fsp3) is 0.321. The van der Waals surface area contributed by atoms with Crippen LogP contribution in [0, 0.1) is 10.1 Å². The maximum Gasteiger partial charge on any atom is 0.270 e. The lowest BCUT2D eigenvalue weighted by molar-refractivity contribution is -0.384. The lowest BCUT2D eigenvalue weighted by Crippen LogP contribution is -2.42. The summed E-state index contributed by atoms with van der Waals surface area (Å²) in [6, 6.07) is 17.1. The summed E-state index contributed by atoms with van der Waals surface area (Å²) >= 11 is 0. The molecule has 0 spiro atoms. The quantitative estimate of drug-likeness (QED) is 0.304. The minimum Gasteiger partial charge on any atom is -0.493 e. The van der Waals surface area contributed by atoms with Crippen molar-refractivity contribution in [3.05, 3.63) is 93.0 Å². The average molecular weight is 491 g/mol. The molecule has 1 aliphatic heterocycles. The molecule has 1 atom stereocenters. The number of carbonyl (C=O) groups is 1. The van der Waals surface area contributed by atoms with Crippen LogP contribution in [0.1, 0.15) is 52.9 Å². The van der Waals surface area contributed by atoms with Crippen LogP contribution in [-0.4, -0.2) is 43.1 Å². The van der Waals surface area contributed by atoms with E-state index in [-0.39, 0.29) is 23.8 Å². The van der Waals surface area contributed by atoms with Gasteiger partial charge in [0.15, 0.2) is 11.5 Å². The van der Waals surface area contributed by atoms with Crippen LogP contribution >= 0.6 is 0 Å². The Kier molecular flexibility index (Phi) is 7.43. The van der Waals surface area contributed by atoms with Gasteiger partial charge in [-0.15, -0.1) is 0 Å². The van der Waals surface area contributed by atoms with Gasteiger partial charge < -0.3 is 19.1 Å². The van der Waals surface area contributed by atoms with Crippen molar-refractivity contribution in [3.8, 4) is 17.2 Å². The van der Waals surface area contributed by atoms with E-state index in [1.165, 1.54) is 23.8 Å². The topological polar surface area (TPSA) is 91.1 Å². The van der Waals surface area contributed by atoms with Crippen LogP contribution < -0.4 is 14.2 Å². The largest absolute Gasteiger partial charge is 0.493 e. The molecule has 0 unspecified atom stereocenters. The monoisotopic (exact) mass is 490 g/mol. The Hall–Kier alpha value is -4.07. The maximum absolute atomic E-state index is 13.6. The Morgan fingerprint density at radius 3 is 2.39 bits per heavy atom. The fourth-order valence-electron chi connectivity index (χ4n) is 4.49. The second kappa shape index (κ2) is 10.7. The van der Waals surface area contributed by atoms with Crippen molar-refractivity contribution in [1.29, 1.82) is 0 Å². The molecule has 3 aromatic carbocycles. The number of methoxy groups -OCH3 is 2. The van der Waals surface area contributed by atoms with Gasteiger partial charge in [0.2, 0.25) is 0 Å². The van der Waals surface area contributed by atoms with E-state index in [0.717, 1.165) is 11.1 Å². The number of benzene rings is 3. The number of nitro benzene ring substituents is 1. The molecule has 4 rings (SSSR count). The van der Waals surface area contributed by atoms with Crippen LogP contribution in [0.3, 0.4) is 0 Å². The molecule has 1 aliphatic rings. The minimum atomic E-state index is -0.499. The van der Waals surface area contributed by atoms with Gasteiger partial charge in [-0.05, 0) is 59.4 Å². The molecule has 8 nitrogen and oxygen atoms in total. The van der Waals surface area contributed by atoms with Crippen LogP contribution in [0.15, 0.2) is 60.7 Å². The van der Waals surface area contributed by atoms with Crippen LogP contribution in [0.4, 0.5) is 5.69 Å². The predicted molar refractivity (Wildman–Crippen MR) is 136 cm³/mol. The van der Waals surface area contributed by atoms with Crippen molar-refractivity contribution in [2.75, 3.05) is 27.4 Å². The second-order valence-electron chi connectivity index (χ2n) is 9.01. The third-order valence-electron chi connectivity index (χ3n) is 6.52. The minimum absolute atomic E-state index is 0.122. The normalized spacial score (nSPS) is 14.8. The summed E-state index contributed by atoms with van der Waals surface area (Å²) in [5.74, 6) is 2.01. The van der Waals surface area contributed by atoms with Crippen LogP contribution in [0.2, 0.25) is 0 Å². The molecule has 0 radical (unpaired) electrons. The maximum atomic E-state index is 13.6. The molecule has 0 fully saturated rings. The summed E-state index contributed by atoms with van der Waals surface area (Å²) in [6.45, 7) is 4.91. The SMILES string of the molecule is COc1cc2c(cc1OC)[C@H](COc1ccc(C(C)C)cc1)N(C(=O)c1cccc([N+](=O)[O-])c1)CC2. The summed E-state index contributed by atoms with van der Waals surface area (Å²) in [7, 11) is 3.16. The molecular weight excluding hydrogens is 460 g/mol. The number of amides is 1. The number of nitrogens with zero attached hydrogens (tertiary/aromatic N) is 2. The molecule has 1 heterocycles. The lowest BCUT2D eigenvalue weighted by Gasteiger charge is -2.37. The standard InChI is InChI=1S/C28H30N2O6/c1-18(2)19-8-10-23(11-9-19)36-17-25-24-16-27(35-4)26(34-3)15-20(24)12-13-29(25)28(31)21-6-5-7-22(14-21)30(32)33/h5-11,14-16,18,25H,12-13,17H2,1-4H3/t25-/m0/s1. The first-order valence-corrected chi connectivity index (χ1v) is 11.8. The number of nitro groups is 1. The van der Waals surface area contributed by atoms with Crippen molar-refractivity contribution >= 4 is 11.6 Å². The van der Waals surface area contributed by atoms with Gasteiger partial charge in [-0.25, -0.2) is 0 Å². The highest BCUT2D eigenvalue weighted by Crippen LogP contribution is 2.39. The highest BCUT2D eigenvalue weighted by Gasteiger charge is 2.34.